The highest BCUT2D eigenvalue weighted by atomic mass is 16.3. The molecule has 0 amide bonds. The van der Waals surface area contributed by atoms with Gasteiger partial charge in [0.05, 0.1) is 5.69 Å². The van der Waals surface area contributed by atoms with Gasteiger partial charge in [0.25, 0.3) is 0 Å². The van der Waals surface area contributed by atoms with Crippen LogP contribution in [0.2, 0.25) is 0 Å². The number of fused-ring (bicyclic) bond motifs is 7. The van der Waals surface area contributed by atoms with Crippen LogP contribution in [0.4, 0.5) is 17.1 Å². The zero-order valence-corrected chi connectivity index (χ0v) is 23.9. The third kappa shape index (κ3) is 3.96. The number of rotatable bonds is 4. The van der Waals surface area contributed by atoms with E-state index in [1.165, 1.54) is 38.1 Å². The SMILES string of the molecule is c1ccc(-c2ccc3cc(N(c4ccc5c(c4)oc4c6ccccc6ccc54)c4cccc5ccccc45)ccc3c2)cc1. The predicted molar refractivity (Wildman–Crippen MR) is 186 cm³/mol. The van der Waals surface area contributed by atoms with Crippen molar-refractivity contribution in [1.29, 1.82) is 0 Å². The topological polar surface area (TPSA) is 16.4 Å². The van der Waals surface area contributed by atoms with Crippen LogP contribution in [-0.2, 0) is 0 Å². The van der Waals surface area contributed by atoms with Crippen molar-refractivity contribution in [1.82, 2.24) is 0 Å². The van der Waals surface area contributed by atoms with E-state index in [0.717, 1.165) is 44.4 Å². The second kappa shape index (κ2) is 9.86. The highest BCUT2D eigenvalue weighted by Gasteiger charge is 2.18. The molecule has 0 unspecified atom stereocenters. The first kappa shape index (κ1) is 24.7. The summed E-state index contributed by atoms with van der Waals surface area (Å²) in [6.45, 7) is 0. The molecule has 0 aliphatic rings. The summed E-state index contributed by atoms with van der Waals surface area (Å²) in [5.41, 5.74) is 7.55. The van der Waals surface area contributed by atoms with E-state index in [4.69, 9.17) is 4.42 Å². The number of anilines is 3. The summed E-state index contributed by atoms with van der Waals surface area (Å²) in [6, 6.07) is 58.6. The van der Waals surface area contributed by atoms with Crippen molar-refractivity contribution in [2.45, 2.75) is 0 Å². The van der Waals surface area contributed by atoms with Crippen LogP contribution in [0.25, 0.3) is 65.4 Å². The lowest BCUT2D eigenvalue weighted by Crippen LogP contribution is -2.10. The maximum Gasteiger partial charge on any atom is 0.143 e. The molecule has 206 valence electrons. The van der Waals surface area contributed by atoms with Crippen LogP contribution >= 0.6 is 0 Å². The molecule has 2 nitrogen and oxygen atoms in total. The van der Waals surface area contributed by atoms with Gasteiger partial charge in [-0.05, 0) is 75.1 Å². The van der Waals surface area contributed by atoms with Gasteiger partial charge in [-0.1, -0.05) is 115 Å². The number of nitrogens with zero attached hydrogens (tertiary/aromatic N) is 1. The maximum atomic E-state index is 6.61. The van der Waals surface area contributed by atoms with Crippen molar-refractivity contribution < 1.29 is 4.42 Å². The number of hydrogen-bond donors (Lipinski definition) is 0. The molecule has 0 atom stereocenters. The molecule has 0 radical (unpaired) electrons. The molecule has 0 fully saturated rings. The van der Waals surface area contributed by atoms with Crippen molar-refractivity contribution in [3.63, 3.8) is 0 Å². The van der Waals surface area contributed by atoms with Gasteiger partial charge in [0.2, 0.25) is 0 Å². The zero-order chi connectivity index (χ0) is 29.0. The third-order valence-electron chi connectivity index (χ3n) is 8.80. The summed E-state index contributed by atoms with van der Waals surface area (Å²) in [5, 5.41) is 9.41. The van der Waals surface area contributed by atoms with Gasteiger partial charge in [0, 0.05) is 39.0 Å². The minimum atomic E-state index is 0.882. The van der Waals surface area contributed by atoms with E-state index in [2.05, 4.69) is 169 Å². The molecular formula is C42H27NO. The number of hydrogen-bond acceptors (Lipinski definition) is 2. The van der Waals surface area contributed by atoms with Crippen LogP contribution in [0.1, 0.15) is 0 Å². The van der Waals surface area contributed by atoms with Gasteiger partial charge in [-0.2, -0.15) is 0 Å². The summed E-state index contributed by atoms with van der Waals surface area (Å²) < 4.78 is 6.61. The average Bonchev–Trinajstić information content (AvgIpc) is 3.47. The molecule has 9 rings (SSSR count). The molecule has 0 aliphatic heterocycles. The number of benzene rings is 8. The summed E-state index contributed by atoms with van der Waals surface area (Å²) in [5.74, 6) is 0. The summed E-state index contributed by atoms with van der Waals surface area (Å²) in [7, 11) is 0. The van der Waals surface area contributed by atoms with E-state index >= 15 is 0 Å². The van der Waals surface area contributed by atoms with E-state index in [0.29, 0.717) is 0 Å². The van der Waals surface area contributed by atoms with E-state index in [1.54, 1.807) is 0 Å². The molecule has 0 N–H and O–H groups in total. The summed E-state index contributed by atoms with van der Waals surface area (Å²) in [6.07, 6.45) is 0. The zero-order valence-electron chi connectivity index (χ0n) is 23.9. The second-order valence-corrected chi connectivity index (χ2v) is 11.4. The van der Waals surface area contributed by atoms with Gasteiger partial charge in [0.15, 0.2) is 0 Å². The fourth-order valence-corrected chi connectivity index (χ4v) is 6.64. The lowest BCUT2D eigenvalue weighted by molar-refractivity contribution is 0.673. The monoisotopic (exact) mass is 561 g/mol. The lowest BCUT2D eigenvalue weighted by atomic mass is 10.00. The Bertz CT molecular complexity index is 2500. The van der Waals surface area contributed by atoms with E-state index in [9.17, 15) is 0 Å². The molecule has 0 saturated heterocycles. The van der Waals surface area contributed by atoms with Crippen molar-refractivity contribution in [2.24, 2.45) is 0 Å². The molecule has 0 aliphatic carbocycles. The van der Waals surface area contributed by atoms with Gasteiger partial charge >= 0.3 is 0 Å². The molecule has 1 aromatic heterocycles. The van der Waals surface area contributed by atoms with E-state index in [1.807, 2.05) is 0 Å². The Hall–Kier alpha value is -5.86. The third-order valence-corrected chi connectivity index (χ3v) is 8.80. The Morgan fingerprint density at radius 1 is 0.364 bits per heavy atom. The smallest absolute Gasteiger partial charge is 0.143 e. The molecule has 0 spiro atoms. The molecule has 0 saturated carbocycles. The summed E-state index contributed by atoms with van der Waals surface area (Å²) >= 11 is 0. The minimum absolute atomic E-state index is 0.882. The Labute approximate surface area is 255 Å². The molecule has 44 heavy (non-hydrogen) atoms. The van der Waals surface area contributed by atoms with Crippen LogP contribution in [-0.4, -0.2) is 0 Å². The standard InChI is InChI=1S/C42H27NO/c1-2-9-28(10-3-1)31-17-18-33-26-34(21-19-32(33)25-31)43(40-16-8-13-29-11-4-6-14-36(29)40)35-22-24-38-39-23-20-30-12-5-7-15-37(30)42(39)44-41(38)27-35/h1-27H. The fraction of sp³-hybridized carbons (Fsp3) is 0. The first-order valence-electron chi connectivity index (χ1n) is 15.0. The van der Waals surface area contributed by atoms with Crippen LogP contribution in [0.3, 0.4) is 0 Å². The second-order valence-electron chi connectivity index (χ2n) is 11.4. The van der Waals surface area contributed by atoms with Crippen molar-refractivity contribution in [3.8, 4) is 11.1 Å². The quantitative estimate of drug-likeness (QED) is 0.212. The molecule has 0 bridgehead atoms. The van der Waals surface area contributed by atoms with Gasteiger partial charge in [-0.15, -0.1) is 0 Å². The predicted octanol–water partition coefficient (Wildman–Crippen LogP) is 12.2. The molecule has 2 heteroatoms. The van der Waals surface area contributed by atoms with Gasteiger partial charge < -0.3 is 9.32 Å². The van der Waals surface area contributed by atoms with E-state index in [-0.39, 0.29) is 0 Å². The fourth-order valence-electron chi connectivity index (χ4n) is 6.64. The summed E-state index contributed by atoms with van der Waals surface area (Å²) in [4.78, 5) is 2.36. The highest BCUT2D eigenvalue weighted by Crippen LogP contribution is 2.43. The normalized spacial score (nSPS) is 11.6. The number of furan rings is 1. The van der Waals surface area contributed by atoms with E-state index < -0.39 is 0 Å². The Kier molecular flexibility index (Phi) is 5.54. The van der Waals surface area contributed by atoms with Crippen LogP contribution in [0, 0.1) is 0 Å². The molecule has 1 heterocycles. The molecule has 9 aromatic rings. The Balaban J connectivity index is 1.25. The van der Waals surface area contributed by atoms with Crippen molar-refractivity contribution >= 4 is 71.3 Å². The Morgan fingerprint density at radius 2 is 1.00 bits per heavy atom. The first-order chi connectivity index (χ1) is 21.8. The first-order valence-corrected chi connectivity index (χ1v) is 15.0. The van der Waals surface area contributed by atoms with Gasteiger partial charge in [-0.3, -0.25) is 0 Å². The highest BCUT2D eigenvalue weighted by molar-refractivity contribution is 6.15. The molecule has 8 aromatic carbocycles. The van der Waals surface area contributed by atoms with Crippen LogP contribution in [0.15, 0.2) is 168 Å². The van der Waals surface area contributed by atoms with Crippen molar-refractivity contribution in [2.75, 3.05) is 4.90 Å². The maximum absolute atomic E-state index is 6.61. The Morgan fingerprint density at radius 3 is 1.89 bits per heavy atom. The van der Waals surface area contributed by atoms with Crippen LogP contribution < -0.4 is 4.90 Å². The minimum Gasteiger partial charge on any atom is -0.455 e. The van der Waals surface area contributed by atoms with Gasteiger partial charge in [-0.25, -0.2) is 0 Å². The van der Waals surface area contributed by atoms with Crippen molar-refractivity contribution in [3.05, 3.63) is 164 Å². The lowest BCUT2D eigenvalue weighted by Gasteiger charge is -2.27. The van der Waals surface area contributed by atoms with Gasteiger partial charge in [0.1, 0.15) is 11.2 Å². The largest absolute Gasteiger partial charge is 0.455 e. The van der Waals surface area contributed by atoms with Crippen LogP contribution in [0.5, 0.6) is 0 Å². The molecular weight excluding hydrogens is 534 g/mol. The average molecular weight is 562 g/mol.